The predicted octanol–water partition coefficient (Wildman–Crippen LogP) is 2.38. The average molecular weight is 328 g/mol. The fraction of sp³-hybridized carbons (Fsp3) is 0.278. The third-order valence-electron chi connectivity index (χ3n) is 3.42. The van der Waals surface area contributed by atoms with Crippen molar-refractivity contribution in [2.24, 2.45) is 0 Å². The van der Waals surface area contributed by atoms with Crippen molar-refractivity contribution < 1.29 is 19.1 Å². The first-order valence-electron chi connectivity index (χ1n) is 7.54. The minimum absolute atomic E-state index is 0.0557. The van der Waals surface area contributed by atoms with Gasteiger partial charge in [-0.2, -0.15) is 0 Å². The van der Waals surface area contributed by atoms with Crippen LogP contribution in [0.25, 0.3) is 0 Å². The van der Waals surface area contributed by atoms with E-state index in [1.165, 1.54) is 6.92 Å². The van der Waals surface area contributed by atoms with E-state index in [2.05, 4.69) is 10.3 Å². The highest BCUT2D eigenvalue weighted by Gasteiger charge is 2.16. The van der Waals surface area contributed by atoms with Gasteiger partial charge in [0.25, 0.3) is 5.91 Å². The highest BCUT2D eigenvalue weighted by molar-refractivity contribution is 5.94. The van der Waals surface area contributed by atoms with Crippen LogP contribution < -0.4 is 14.8 Å². The van der Waals surface area contributed by atoms with Gasteiger partial charge in [0.05, 0.1) is 13.7 Å². The summed E-state index contributed by atoms with van der Waals surface area (Å²) >= 11 is 0. The zero-order valence-corrected chi connectivity index (χ0v) is 13.9. The smallest absolute Gasteiger partial charge is 0.261 e. The maximum Gasteiger partial charge on any atom is 0.261 e. The number of rotatable bonds is 7. The molecule has 0 aliphatic carbocycles. The molecule has 0 aliphatic heterocycles. The molecule has 0 aliphatic rings. The van der Waals surface area contributed by atoms with E-state index in [1.807, 2.05) is 0 Å². The number of nitrogens with one attached hydrogen (secondary N) is 1. The first-order valence-corrected chi connectivity index (χ1v) is 7.54. The number of aromatic nitrogens is 1. The Kier molecular flexibility index (Phi) is 5.89. The number of hydrogen-bond donors (Lipinski definition) is 1. The highest BCUT2D eigenvalue weighted by Crippen LogP contribution is 2.16. The number of hydrogen-bond acceptors (Lipinski definition) is 5. The van der Waals surface area contributed by atoms with Gasteiger partial charge in [0.2, 0.25) is 0 Å². The van der Waals surface area contributed by atoms with Gasteiger partial charge in [-0.25, -0.2) is 0 Å². The Morgan fingerprint density at radius 2 is 2.04 bits per heavy atom. The van der Waals surface area contributed by atoms with E-state index in [9.17, 15) is 9.59 Å². The van der Waals surface area contributed by atoms with Crippen molar-refractivity contribution in [2.75, 3.05) is 7.11 Å². The summed E-state index contributed by atoms with van der Waals surface area (Å²) in [6, 6.07) is 10.3. The zero-order chi connectivity index (χ0) is 17.5. The molecular formula is C18H20N2O4. The van der Waals surface area contributed by atoms with Gasteiger partial charge in [0.15, 0.2) is 11.9 Å². The molecule has 24 heavy (non-hydrogen) atoms. The fourth-order valence-corrected chi connectivity index (χ4v) is 2.10. The van der Waals surface area contributed by atoms with Crippen LogP contribution in [0.1, 0.15) is 29.9 Å². The summed E-state index contributed by atoms with van der Waals surface area (Å²) < 4.78 is 10.8. The molecular weight excluding hydrogens is 308 g/mol. The molecule has 1 amide bonds. The topological polar surface area (TPSA) is 77.5 Å². The van der Waals surface area contributed by atoms with Gasteiger partial charge in [0.1, 0.15) is 17.2 Å². The number of amides is 1. The molecule has 1 aromatic heterocycles. The molecule has 2 rings (SSSR count). The number of methoxy groups -OCH3 is 1. The molecule has 1 aromatic carbocycles. The van der Waals surface area contributed by atoms with Gasteiger partial charge in [-0.3, -0.25) is 14.6 Å². The number of carbonyl (C=O) groups excluding carboxylic acids is 2. The second-order valence-corrected chi connectivity index (χ2v) is 5.21. The lowest BCUT2D eigenvalue weighted by Crippen LogP contribution is -2.36. The average Bonchev–Trinajstić information content (AvgIpc) is 2.60. The minimum atomic E-state index is -0.707. The maximum absolute atomic E-state index is 12.2. The van der Waals surface area contributed by atoms with Gasteiger partial charge < -0.3 is 14.8 Å². The summed E-state index contributed by atoms with van der Waals surface area (Å²) in [6.45, 7) is 3.37. The van der Waals surface area contributed by atoms with Crippen LogP contribution in [-0.2, 0) is 11.3 Å². The van der Waals surface area contributed by atoms with Crippen molar-refractivity contribution >= 4 is 11.7 Å². The van der Waals surface area contributed by atoms with Crippen LogP contribution in [0.3, 0.4) is 0 Å². The first-order chi connectivity index (χ1) is 11.5. The van der Waals surface area contributed by atoms with Crippen LogP contribution in [0.5, 0.6) is 11.5 Å². The first kappa shape index (κ1) is 17.5. The van der Waals surface area contributed by atoms with Gasteiger partial charge in [0, 0.05) is 11.8 Å². The number of carbonyl (C=O) groups is 2. The lowest BCUT2D eigenvalue weighted by molar-refractivity contribution is -0.127. The molecule has 1 atom stereocenters. The van der Waals surface area contributed by atoms with Gasteiger partial charge in [-0.1, -0.05) is 12.1 Å². The van der Waals surface area contributed by atoms with Gasteiger partial charge in [-0.15, -0.1) is 0 Å². The number of pyridine rings is 1. The van der Waals surface area contributed by atoms with Crippen LogP contribution in [-0.4, -0.2) is 29.9 Å². The van der Waals surface area contributed by atoms with E-state index in [1.54, 1.807) is 56.6 Å². The summed E-state index contributed by atoms with van der Waals surface area (Å²) in [5.41, 5.74) is 1.18. The Morgan fingerprint density at radius 1 is 1.25 bits per heavy atom. The van der Waals surface area contributed by atoms with Crippen molar-refractivity contribution in [1.82, 2.24) is 10.3 Å². The monoisotopic (exact) mass is 328 g/mol. The quantitative estimate of drug-likeness (QED) is 0.790. The minimum Gasteiger partial charge on any atom is -0.495 e. The number of ketones is 1. The SMILES string of the molecule is COc1cccnc1CNC(=O)C(C)Oc1cccc(C(C)=O)c1. The number of Topliss-reactive ketones (excluding diaryl/α,β-unsaturated/α-hetero) is 1. The Labute approximate surface area is 140 Å². The molecule has 0 fully saturated rings. The molecule has 126 valence electrons. The van der Waals surface area contributed by atoms with Gasteiger partial charge >= 0.3 is 0 Å². The maximum atomic E-state index is 12.2. The van der Waals surface area contributed by atoms with Crippen molar-refractivity contribution in [3.8, 4) is 11.5 Å². The molecule has 0 saturated heterocycles. The van der Waals surface area contributed by atoms with E-state index < -0.39 is 6.10 Å². The Morgan fingerprint density at radius 3 is 2.75 bits per heavy atom. The molecule has 6 heteroatoms. The largest absolute Gasteiger partial charge is 0.495 e. The molecule has 1 N–H and O–H groups in total. The van der Waals surface area contributed by atoms with E-state index in [4.69, 9.17) is 9.47 Å². The summed E-state index contributed by atoms with van der Waals surface area (Å²) in [7, 11) is 1.55. The second kappa shape index (κ2) is 8.10. The van der Waals surface area contributed by atoms with Crippen molar-refractivity contribution in [3.63, 3.8) is 0 Å². The fourth-order valence-electron chi connectivity index (χ4n) is 2.10. The molecule has 0 bridgehead atoms. The van der Waals surface area contributed by atoms with Gasteiger partial charge in [-0.05, 0) is 38.1 Å². The van der Waals surface area contributed by atoms with Crippen molar-refractivity contribution in [2.45, 2.75) is 26.5 Å². The Bertz CT molecular complexity index is 730. The Balaban J connectivity index is 1.95. The predicted molar refractivity (Wildman–Crippen MR) is 89.2 cm³/mol. The molecule has 2 aromatic rings. The van der Waals surface area contributed by atoms with Crippen LogP contribution >= 0.6 is 0 Å². The third-order valence-corrected chi connectivity index (χ3v) is 3.42. The van der Waals surface area contributed by atoms with Crippen LogP contribution in [0.2, 0.25) is 0 Å². The number of ether oxygens (including phenoxy) is 2. The normalized spacial score (nSPS) is 11.5. The summed E-state index contributed by atoms with van der Waals surface area (Å²) in [4.78, 5) is 27.7. The van der Waals surface area contributed by atoms with E-state index in [0.29, 0.717) is 22.8 Å². The number of nitrogens with zero attached hydrogens (tertiary/aromatic N) is 1. The molecule has 6 nitrogen and oxygen atoms in total. The standard InChI is InChI=1S/C18H20N2O4/c1-12(21)14-6-4-7-15(10-14)24-13(2)18(22)20-11-16-17(23-3)8-5-9-19-16/h4-10,13H,11H2,1-3H3,(H,20,22). The van der Waals surface area contributed by atoms with Crippen molar-refractivity contribution in [3.05, 3.63) is 53.9 Å². The summed E-state index contributed by atoms with van der Waals surface area (Å²) in [5.74, 6) is 0.747. The van der Waals surface area contributed by atoms with Crippen LogP contribution in [0, 0.1) is 0 Å². The lowest BCUT2D eigenvalue weighted by atomic mass is 10.1. The molecule has 1 heterocycles. The van der Waals surface area contributed by atoms with Crippen LogP contribution in [0.15, 0.2) is 42.6 Å². The van der Waals surface area contributed by atoms with Crippen molar-refractivity contribution in [1.29, 1.82) is 0 Å². The van der Waals surface area contributed by atoms with E-state index in [0.717, 1.165) is 0 Å². The zero-order valence-electron chi connectivity index (χ0n) is 13.9. The summed E-state index contributed by atoms with van der Waals surface area (Å²) in [6.07, 6.45) is 0.930. The Hall–Kier alpha value is -2.89. The van der Waals surface area contributed by atoms with Crippen LogP contribution in [0.4, 0.5) is 0 Å². The lowest BCUT2D eigenvalue weighted by Gasteiger charge is -2.15. The molecule has 0 radical (unpaired) electrons. The molecule has 0 spiro atoms. The second-order valence-electron chi connectivity index (χ2n) is 5.21. The summed E-state index contributed by atoms with van der Waals surface area (Å²) in [5, 5.41) is 2.76. The van der Waals surface area contributed by atoms with E-state index in [-0.39, 0.29) is 18.2 Å². The molecule has 0 saturated carbocycles. The molecule has 1 unspecified atom stereocenters. The third kappa shape index (κ3) is 4.55. The van der Waals surface area contributed by atoms with E-state index >= 15 is 0 Å². The highest BCUT2D eigenvalue weighted by atomic mass is 16.5. The number of benzene rings is 1.